The number of unbranched alkanes of at least 4 members (excludes halogenated alkanes) is 1. The monoisotopic (exact) mass is 561 g/mol. The molecule has 3 saturated carbocycles. The number of carbonyl (C=O) groups is 5. The van der Waals surface area contributed by atoms with Gasteiger partial charge < -0.3 is 25.4 Å². The van der Waals surface area contributed by atoms with Gasteiger partial charge in [0.05, 0.1) is 12.5 Å². The largest absolute Gasteiger partial charge is 0.481 e. The summed E-state index contributed by atoms with van der Waals surface area (Å²) in [6, 6.07) is 0. The first-order chi connectivity index (χ1) is 18.8. The summed E-state index contributed by atoms with van der Waals surface area (Å²) in [6.07, 6.45) is 5.61. The minimum Gasteiger partial charge on any atom is -0.481 e. The van der Waals surface area contributed by atoms with Crippen LogP contribution in [-0.2, 0) is 28.7 Å². The molecule has 0 spiro atoms. The highest BCUT2D eigenvalue weighted by Gasteiger charge is 2.68. The molecule has 10 nitrogen and oxygen atoms in total. The molecule has 7 atom stereocenters. The number of carboxylic acid groups (broad SMARTS) is 1. The Kier molecular flexibility index (Phi) is 8.90. The summed E-state index contributed by atoms with van der Waals surface area (Å²) in [7, 11) is 0. The Hall–Kier alpha value is -2.59. The molecule has 3 fully saturated rings. The predicted molar refractivity (Wildman–Crippen MR) is 143 cm³/mol. The molecule has 1 amide bonds. The number of aliphatic carboxylic acids is 1. The van der Waals surface area contributed by atoms with Crippen molar-refractivity contribution >= 4 is 29.4 Å². The zero-order chi connectivity index (χ0) is 29.3. The number of aliphatic hydroxyl groups excluding tert-OH is 1. The third-order valence-electron chi connectivity index (χ3n) is 10.6. The number of hydrogen-bond donors (Lipinski definition) is 4. The lowest BCUT2D eigenvalue weighted by Crippen LogP contribution is -2.62. The summed E-state index contributed by atoms with van der Waals surface area (Å²) < 4.78 is 5.16. The van der Waals surface area contributed by atoms with Crippen LogP contribution in [0, 0.1) is 28.6 Å². The minimum atomic E-state index is -1.73. The Morgan fingerprint density at radius 3 is 2.52 bits per heavy atom. The lowest BCUT2D eigenvalue weighted by molar-refractivity contribution is -0.184. The molecule has 0 aliphatic heterocycles. The van der Waals surface area contributed by atoms with Gasteiger partial charge >= 0.3 is 11.9 Å². The molecule has 222 valence electrons. The molecule has 0 aromatic carbocycles. The molecule has 0 heterocycles. The highest BCUT2D eigenvalue weighted by molar-refractivity contribution is 5.92. The highest BCUT2D eigenvalue weighted by Crippen LogP contribution is 2.67. The van der Waals surface area contributed by atoms with Crippen molar-refractivity contribution in [3.8, 4) is 0 Å². The van der Waals surface area contributed by atoms with Crippen molar-refractivity contribution in [1.29, 1.82) is 0 Å². The lowest BCUT2D eigenvalue weighted by Gasteiger charge is -2.60. The molecular formula is C30H43NO9. The fraction of sp³-hybridized carbons (Fsp3) is 0.767. The zero-order valence-corrected chi connectivity index (χ0v) is 23.6. The smallest absolute Gasteiger partial charge is 0.306 e. The van der Waals surface area contributed by atoms with Crippen LogP contribution in [0.1, 0.15) is 90.9 Å². The predicted octanol–water partition coefficient (Wildman–Crippen LogP) is 2.48. The quantitative estimate of drug-likeness (QED) is 0.219. The Balaban J connectivity index is 1.31. The van der Waals surface area contributed by atoms with E-state index < -0.39 is 41.4 Å². The van der Waals surface area contributed by atoms with Crippen LogP contribution >= 0.6 is 0 Å². The van der Waals surface area contributed by atoms with Gasteiger partial charge in [0.1, 0.15) is 5.60 Å². The molecule has 4 N–H and O–H groups in total. The topological polar surface area (TPSA) is 167 Å². The third kappa shape index (κ3) is 5.62. The number of allylic oxidation sites excluding steroid dienone is 1. The number of ether oxygens (including phenoxy) is 1. The van der Waals surface area contributed by atoms with E-state index >= 15 is 0 Å². The van der Waals surface area contributed by atoms with E-state index in [2.05, 4.69) is 12.2 Å². The van der Waals surface area contributed by atoms with Crippen LogP contribution in [0.15, 0.2) is 11.6 Å². The van der Waals surface area contributed by atoms with Crippen molar-refractivity contribution in [2.24, 2.45) is 28.6 Å². The van der Waals surface area contributed by atoms with Crippen LogP contribution in [0.25, 0.3) is 0 Å². The summed E-state index contributed by atoms with van der Waals surface area (Å²) in [5.74, 6) is -2.29. The molecule has 3 unspecified atom stereocenters. The molecule has 0 radical (unpaired) electrons. The Labute approximate surface area is 234 Å². The molecule has 4 aliphatic carbocycles. The second-order valence-electron chi connectivity index (χ2n) is 12.8. The van der Waals surface area contributed by atoms with Crippen molar-refractivity contribution < 1.29 is 44.0 Å². The second-order valence-corrected chi connectivity index (χ2v) is 12.8. The van der Waals surface area contributed by atoms with Gasteiger partial charge in [-0.15, -0.1) is 0 Å². The standard InChI is InChI=1S/C30H43NO9/c1-28-12-10-19(32)15-18(28)6-7-20-21-11-13-30(39,29(21,2)16-22(33)27(20)28)23(34)17-40-26(38)9-8-24(35)31-14-4-3-5-25(36)37/h15,20-22,27,33,39H,3-14,16-17H2,1-2H3,(H,31,35)(H,36,37)/t20?,21?,22-,27?,28-,29-,30-/m0/s1. The highest BCUT2D eigenvalue weighted by atomic mass is 16.5. The number of aliphatic hydroxyl groups is 2. The maximum absolute atomic E-state index is 13.3. The van der Waals surface area contributed by atoms with Crippen LogP contribution in [0.2, 0.25) is 0 Å². The molecule has 0 bridgehead atoms. The summed E-state index contributed by atoms with van der Waals surface area (Å²) in [5.41, 5.74) is -1.73. The number of ketones is 2. The molecule has 0 aromatic rings. The second kappa shape index (κ2) is 11.7. The van der Waals surface area contributed by atoms with E-state index in [0.717, 1.165) is 18.4 Å². The maximum Gasteiger partial charge on any atom is 0.306 e. The van der Waals surface area contributed by atoms with E-state index in [0.29, 0.717) is 38.6 Å². The third-order valence-corrected chi connectivity index (χ3v) is 10.6. The number of fused-ring (bicyclic) bond motifs is 5. The summed E-state index contributed by atoms with van der Waals surface area (Å²) in [5, 5.41) is 34.5. The molecule has 40 heavy (non-hydrogen) atoms. The van der Waals surface area contributed by atoms with E-state index in [-0.39, 0.29) is 67.0 Å². The van der Waals surface area contributed by atoms with Gasteiger partial charge in [-0.05, 0) is 80.6 Å². The van der Waals surface area contributed by atoms with Crippen molar-refractivity contribution in [3.63, 3.8) is 0 Å². The molecule has 0 aromatic heterocycles. The van der Waals surface area contributed by atoms with Gasteiger partial charge in [0.15, 0.2) is 12.4 Å². The van der Waals surface area contributed by atoms with E-state index in [9.17, 15) is 34.2 Å². The fourth-order valence-corrected chi connectivity index (χ4v) is 8.42. The average Bonchev–Trinajstić information content (AvgIpc) is 3.16. The van der Waals surface area contributed by atoms with Gasteiger partial charge in [-0.25, -0.2) is 0 Å². The van der Waals surface area contributed by atoms with Gasteiger partial charge in [0.25, 0.3) is 0 Å². The van der Waals surface area contributed by atoms with Gasteiger partial charge in [-0.3, -0.25) is 24.0 Å². The van der Waals surface area contributed by atoms with Crippen LogP contribution in [-0.4, -0.2) is 69.6 Å². The van der Waals surface area contributed by atoms with Crippen LogP contribution < -0.4 is 5.32 Å². The van der Waals surface area contributed by atoms with Crippen molar-refractivity contribution in [1.82, 2.24) is 5.32 Å². The summed E-state index contributed by atoms with van der Waals surface area (Å²) in [6.45, 7) is 3.75. The number of esters is 1. The Morgan fingerprint density at radius 1 is 1.05 bits per heavy atom. The van der Waals surface area contributed by atoms with Crippen LogP contribution in [0.4, 0.5) is 0 Å². The zero-order valence-electron chi connectivity index (χ0n) is 23.6. The first-order valence-corrected chi connectivity index (χ1v) is 14.6. The van der Waals surface area contributed by atoms with E-state index in [1.807, 2.05) is 6.92 Å². The van der Waals surface area contributed by atoms with Crippen molar-refractivity contribution in [3.05, 3.63) is 11.6 Å². The van der Waals surface area contributed by atoms with Crippen LogP contribution in [0.5, 0.6) is 0 Å². The molecule has 4 rings (SSSR count). The van der Waals surface area contributed by atoms with Crippen LogP contribution in [0.3, 0.4) is 0 Å². The minimum absolute atomic E-state index is 0.0285. The number of amides is 1. The fourth-order valence-electron chi connectivity index (χ4n) is 8.42. The average molecular weight is 562 g/mol. The molecule has 10 heteroatoms. The molecular weight excluding hydrogens is 518 g/mol. The SMILES string of the molecule is C[C@]12CCC(=O)C=C1CCC1C2[C@@H](O)C[C@@]2(C)C1CC[C@]2(O)C(=O)COC(=O)CCC(=O)NCCCCC(=O)O. The normalized spacial score (nSPS) is 36.5. The molecule has 0 saturated heterocycles. The van der Waals surface area contributed by atoms with Gasteiger partial charge in [0, 0.05) is 31.2 Å². The van der Waals surface area contributed by atoms with Gasteiger partial charge in [-0.1, -0.05) is 19.4 Å². The number of carboxylic acids is 1. The van der Waals surface area contributed by atoms with Gasteiger partial charge in [0.2, 0.25) is 11.7 Å². The van der Waals surface area contributed by atoms with Crippen molar-refractivity contribution in [2.75, 3.05) is 13.2 Å². The van der Waals surface area contributed by atoms with E-state index in [1.165, 1.54) is 0 Å². The van der Waals surface area contributed by atoms with E-state index in [1.54, 1.807) is 6.08 Å². The number of nitrogens with one attached hydrogen (secondary N) is 1. The summed E-state index contributed by atoms with van der Waals surface area (Å²) in [4.78, 5) is 60.1. The van der Waals surface area contributed by atoms with Gasteiger partial charge in [-0.2, -0.15) is 0 Å². The van der Waals surface area contributed by atoms with E-state index in [4.69, 9.17) is 9.84 Å². The maximum atomic E-state index is 13.3. The lowest BCUT2D eigenvalue weighted by atomic mass is 9.45. The number of carbonyl (C=O) groups excluding carboxylic acids is 4. The Bertz CT molecular complexity index is 1090. The number of rotatable bonds is 11. The summed E-state index contributed by atoms with van der Waals surface area (Å²) >= 11 is 0. The number of Topliss-reactive ketones (excluding diaryl/α,β-unsaturated/α-hetero) is 1. The van der Waals surface area contributed by atoms with Crippen molar-refractivity contribution in [2.45, 2.75) is 103 Å². The Morgan fingerprint density at radius 2 is 1.80 bits per heavy atom. The first kappa shape index (κ1) is 30.4. The number of hydrogen-bond acceptors (Lipinski definition) is 8. The first-order valence-electron chi connectivity index (χ1n) is 14.6. The molecule has 4 aliphatic rings.